The van der Waals surface area contributed by atoms with Crippen molar-refractivity contribution in [3.05, 3.63) is 298 Å². The molecule has 1 aliphatic heterocycles. The Labute approximate surface area is 747 Å². The Morgan fingerprint density at radius 2 is 0.810 bits per heavy atom. The van der Waals surface area contributed by atoms with Crippen LogP contribution in [0.1, 0.15) is 111 Å². The Hall–Kier alpha value is -10.5. The first-order chi connectivity index (χ1) is 58.1. The van der Waals surface area contributed by atoms with Gasteiger partial charge >= 0.3 is 7.12 Å². The Kier molecular flexibility index (Phi) is 34.0. The summed E-state index contributed by atoms with van der Waals surface area (Å²) >= 11 is 22.7. The molecule has 0 spiro atoms. The molecule has 0 aliphatic carbocycles. The average molecular weight is 1940 g/mol. The van der Waals surface area contributed by atoms with E-state index in [-0.39, 0.29) is 18.3 Å². The average Bonchev–Trinajstić information content (AvgIpc) is 1.62. The minimum atomic E-state index is -1.12. The number of nitrogen functional groups attached to an aromatic ring is 3. The molecular weight excluding hydrogens is 1860 g/mol. The first-order valence-corrected chi connectivity index (χ1v) is 44.5. The third-order valence-electron chi connectivity index (χ3n) is 18.0. The maximum Gasteiger partial charge on any atom is 0.494 e. The van der Waals surface area contributed by atoms with Gasteiger partial charge in [0.05, 0.1) is 49.1 Å². The van der Waals surface area contributed by atoms with E-state index in [1.54, 1.807) is 104 Å². The number of halogens is 8. The molecular formula is C84H82BBr3ClF4N19O4S5. The number of nitrogens with zero attached hydrogens (tertiary/aromatic N) is 14. The summed E-state index contributed by atoms with van der Waals surface area (Å²) in [7, 11) is -0.300. The highest BCUT2D eigenvalue weighted by Gasteiger charge is 2.51. The fourth-order valence-corrected chi connectivity index (χ4v) is 15.4. The smallest absolute Gasteiger partial charge is 0.399 e. The van der Waals surface area contributed by atoms with Crippen LogP contribution in [0, 0.1) is 23.3 Å². The van der Waals surface area contributed by atoms with Crippen molar-refractivity contribution in [1.29, 1.82) is 0 Å². The van der Waals surface area contributed by atoms with Gasteiger partial charge < -0.3 is 31.8 Å². The SMILES string of the molecule is Brc1nccs1.CC1(C)OB(c2ccc(N)cc2)OC1(C)C.CCc1[nH]ncc1Br.CCc1nn(-c2nccs2)cc1-c1ccc(N)cc1.CCc1nn(-c2nccs2)cc1-c1ccc(N)cc1.CCc1nn(-c2nccs2)cc1-c1ccc(NC(=O)c2c(F)cccc2F)cc1.CCc1nn(-c2nccs2)cc1Br.O=C(Cl)c1c(F)cccc1F. The van der Waals surface area contributed by atoms with Crippen molar-refractivity contribution in [2.24, 2.45) is 0 Å². The number of H-pyrrole nitrogens is 1. The number of aromatic nitrogens is 15. The number of nitrogens with one attached hydrogen (secondary N) is 2. The molecule has 37 heteroatoms. The molecule has 8 N–H and O–H groups in total. The van der Waals surface area contributed by atoms with Crippen LogP contribution < -0.4 is 28.0 Å². The molecule has 1 fully saturated rings. The van der Waals surface area contributed by atoms with Crippen molar-refractivity contribution in [3.63, 3.8) is 0 Å². The van der Waals surface area contributed by atoms with E-state index < -0.39 is 45.5 Å². The summed E-state index contributed by atoms with van der Waals surface area (Å²) in [6, 6.07) is 36.8. The summed E-state index contributed by atoms with van der Waals surface area (Å²) in [4.78, 5) is 43.5. The number of carbonyl (C=O) groups is 2. The van der Waals surface area contributed by atoms with Gasteiger partial charge in [-0.1, -0.05) is 95.3 Å². The largest absolute Gasteiger partial charge is 0.494 e. The van der Waals surface area contributed by atoms with Crippen molar-refractivity contribution < 1.29 is 36.5 Å². The standard InChI is InChI=1S/C21H16F2N4OS.2C14H14N4S.C12H18BNO2.C8H8BrN3S.C7H3ClF2O.C5H7BrN2.C3H2BrNS/c1-2-18-15(12-27(26-18)21-24-10-11-29-21)13-6-8-14(9-7-13)25-20(28)19-16(22)4-3-5-17(19)23;2*1-2-13-12(10-3-5-11(15)6-4-10)9-18(17-13)14-16-7-8-19-14;1-11(2)12(3,4)16-13(15-11)9-5-7-10(14)8-6-9;1-2-7-6(9)5-12(11-7)8-10-3-4-13-8;8-7(11)6-4(9)2-1-3-5(6)10;1-2-5-4(6)3-7-8-5;4-3-5-1-2-6-3/h3-12H,2H2,1H3,(H,25,28);2*3-9H,2,15H2,1H3;5-8H,14H2,1-4H3;3-5H,2H2,1H3;1-3H;3H,2H2,1H3,(H,7,8);1-2H. The molecule has 121 heavy (non-hydrogen) atoms. The molecule has 23 nitrogen and oxygen atoms in total. The first-order valence-electron chi connectivity index (χ1n) is 37.4. The summed E-state index contributed by atoms with van der Waals surface area (Å²) in [6.07, 6.45) is 23.0. The zero-order chi connectivity index (χ0) is 86.9. The third-order valence-corrected chi connectivity index (χ3v) is 23.9. The lowest BCUT2D eigenvalue weighted by molar-refractivity contribution is 0.00578. The minimum Gasteiger partial charge on any atom is -0.399 e. The van der Waals surface area contributed by atoms with Gasteiger partial charge in [0.15, 0.2) is 3.92 Å². The molecule has 0 bridgehead atoms. The summed E-state index contributed by atoms with van der Waals surface area (Å²) < 4.78 is 74.8. The number of amides is 1. The Morgan fingerprint density at radius 1 is 0.463 bits per heavy atom. The molecule has 17 rings (SSSR count). The van der Waals surface area contributed by atoms with E-state index in [4.69, 9.17) is 38.1 Å². The van der Waals surface area contributed by atoms with Crippen molar-refractivity contribution in [2.75, 3.05) is 22.5 Å². The zero-order valence-corrected chi connectivity index (χ0v) is 76.3. The number of aromatic amines is 1. The fourth-order valence-electron chi connectivity index (χ4n) is 11.1. The maximum atomic E-state index is 13.8. The Balaban J connectivity index is 0.000000151. The highest BCUT2D eigenvalue weighted by molar-refractivity contribution is 9.11. The highest BCUT2D eigenvalue weighted by atomic mass is 79.9. The molecule has 0 unspecified atom stereocenters. The van der Waals surface area contributed by atoms with Crippen molar-refractivity contribution >= 4 is 163 Å². The van der Waals surface area contributed by atoms with Gasteiger partial charge in [0.25, 0.3) is 11.1 Å². The molecule has 10 aromatic heterocycles. The quantitative estimate of drug-likeness (QED) is 0.0260. The van der Waals surface area contributed by atoms with Gasteiger partial charge in [0, 0.05) is 128 Å². The number of nitrogens with two attached hydrogens (primary N) is 3. The van der Waals surface area contributed by atoms with E-state index >= 15 is 0 Å². The van der Waals surface area contributed by atoms with Crippen molar-refractivity contribution in [3.8, 4) is 53.9 Å². The molecule has 16 aromatic rings. The van der Waals surface area contributed by atoms with E-state index in [0.29, 0.717) is 5.69 Å². The first kappa shape index (κ1) is 92.8. The second-order valence-electron chi connectivity index (χ2n) is 26.7. The van der Waals surface area contributed by atoms with Crippen LogP contribution in [0.4, 0.5) is 40.3 Å². The van der Waals surface area contributed by atoms with E-state index in [9.17, 15) is 27.2 Å². The van der Waals surface area contributed by atoms with Crippen LogP contribution in [-0.4, -0.2) is 104 Å². The Morgan fingerprint density at radius 3 is 1.10 bits per heavy atom. The zero-order valence-electron chi connectivity index (χ0n) is 66.7. The van der Waals surface area contributed by atoms with E-state index in [1.165, 1.54) is 17.4 Å². The van der Waals surface area contributed by atoms with Crippen LogP contribution >= 0.6 is 116 Å². The number of hydrogen-bond acceptors (Lipinski definition) is 22. The van der Waals surface area contributed by atoms with Crippen LogP contribution in [0.5, 0.6) is 0 Å². The molecule has 1 saturated heterocycles. The van der Waals surface area contributed by atoms with Crippen molar-refractivity contribution in [2.45, 2.75) is 106 Å². The third kappa shape index (κ3) is 25.3. The lowest BCUT2D eigenvalue weighted by Crippen LogP contribution is -2.41. The van der Waals surface area contributed by atoms with E-state index in [0.717, 1.165) is 180 Å². The molecule has 1 amide bonds. The molecule has 626 valence electrons. The lowest BCUT2D eigenvalue weighted by Gasteiger charge is -2.32. The molecule has 0 atom stereocenters. The van der Waals surface area contributed by atoms with Crippen LogP contribution in [0.25, 0.3) is 53.9 Å². The topological polar surface area (TPSA) is 307 Å². The Bertz CT molecular complexity index is 5730. The van der Waals surface area contributed by atoms with Crippen LogP contribution in [0.3, 0.4) is 0 Å². The van der Waals surface area contributed by atoms with Gasteiger partial charge in [0.1, 0.15) is 34.4 Å². The van der Waals surface area contributed by atoms with Crippen LogP contribution in [-0.2, 0) is 41.4 Å². The summed E-state index contributed by atoms with van der Waals surface area (Å²) in [6.45, 7) is 18.6. The van der Waals surface area contributed by atoms with Gasteiger partial charge in [-0.3, -0.25) is 14.7 Å². The maximum absolute atomic E-state index is 13.8. The lowest BCUT2D eigenvalue weighted by atomic mass is 9.79. The normalized spacial score (nSPS) is 12.1. The van der Waals surface area contributed by atoms with E-state index in [2.05, 4.69) is 136 Å². The van der Waals surface area contributed by atoms with Gasteiger partial charge in [-0.2, -0.15) is 25.5 Å². The predicted octanol–water partition coefficient (Wildman–Crippen LogP) is 21.6. The second-order valence-corrected chi connectivity index (χ2v) is 34.4. The van der Waals surface area contributed by atoms with Crippen LogP contribution in [0.2, 0.25) is 0 Å². The van der Waals surface area contributed by atoms with Gasteiger partial charge in [-0.05, 0) is 214 Å². The number of hydrogen-bond donors (Lipinski definition) is 5. The number of thiazole rings is 5. The number of benzene rings is 6. The number of aryl methyl sites for hydroxylation is 5. The monoisotopic (exact) mass is 1940 g/mol. The highest BCUT2D eigenvalue weighted by Crippen LogP contribution is 2.37. The second kappa shape index (κ2) is 44.3. The van der Waals surface area contributed by atoms with E-state index in [1.807, 2.05) is 181 Å². The summed E-state index contributed by atoms with van der Waals surface area (Å²) in [5.74, 6) is -4.52. The molecule has 0 radical (unpaired) electrons. The number of carbonyl (C=O) groups excluding carboxylic acids is 2. The molecule has 0 saturated carbocycles. The summed E-state index contributed by atoms with van der Waals surface area (Å²) in [5.41, 5.74) is 30.7. The number of anilines is 4. The molecule has 6 aromatic carbocycles. The van der Waals surface area contributed by atoms with Crippen LogP contribution in [0.15, 0.2) is 235 Å². The van der Waals surface area contributed by atoms with Gasteiger partial charge in [0.2, 0.25) is 20.5 Å². The fraction of sp³-hybridized carbons (Fsp3) is 0.190. The summed E-state index contributed by atoms with van der Waals surface area (Å²) in [5, 5.41) is 39.4. The number of rotatable bonds is 16. The van der Waals surface area contributed by atoms with Gasteiger partial charge in [-0.25, -0.2) is 61.2 Å². The van der Waals surface area contributed by atoms with Gasteiger partial charge in [-0.15, -0.1) is 56.7 Å². The predicted molar refractivity (Wildman–Crippen MR) is 490 cm³/mol. The molecule has 11 heterocycles. The van der Waals surface area contributed by atoms with Crippen molar-refractivity contribution in [1.82, 2.24) is 74.2 Å². The minimum absolute atomic E-state index is 0.293. The molecule has 1 aliphatic rings.